The first-order valence-corrected chi connectivity index (χ1v) is 8.09. The normalized spacial score (nSPS) is 29.5. The minimum absolute atomic E-state index is 0.544. The number of carbonyl (C=O) groups is 1. The van der Waals surface area contributed by atoms with E-state index in [2.05, 4.69) is 15.9 Å². The molecule has 5 nitrogen and oxygen atoms in total. The van der Waals surface area contributed by atoms with Crippen molar-refractivity contribution in [3.63, 3.8) is 0 Å². The molecule has 1 fully saturated rings. The fourth-order valence-electron chi connectivity index (χ4n) is 2.48. The van der Waals surface area contributed by atoms with Gasteiger partial charge in [-0.3, -0.25) is 4.79 Å². The molecule has 1 N–H and O–H groups in total. The Labute approximate surface area is 118 Å². The zero-order valence-electron chi connectivity index (χ0n) is 9.87. The topological polar surface area (TPSA) is 95.2 Å². The van der Waals surface area contributed by atoms with E-state index in [1.165, 1.54) is 0 Å². The number of hydrogen-bond acceptors (Lipinski definition) is 4. The molecule has 0 saturated heterocycles. The van der Waals surface area contributed by atoms with E-state index in [0.29, 0.717) is 5.56 Å². The fraction of sp³-hybridized carbons (Fsp3) is 0.333. The summed E-state index contributed by atoms with van der Waals surface area (Å²) in [5, 5.41) is 17.2. The van der Waals surface area contributed by atoms with Crippen LogP contribution in [0.2, 0.25) is 0 Å². The number of halogens is 1. The van der Waals surface area contributed by atoms with Crippen molar-refractivity contribution < 1.29 is 18.3 Å². The van der Waals surface area contributed by atoms with Gasteiger partial charge in [0.15, 0.2) is 15.3 Å². The number of benzene rings is 1. The van der Waals surface area contributed by atoms with Gasteiger partial charge in [0.05, 0.1) is 6.07 Å². The van der Waals surface area contributed by atoms with Gasteiger partial charge in [0.1, 0.15) is 5.25 Å². The maximum absolute atomic E-state index is 11.7. The van der Waals surface area contributed by atoms with Crippen LogP contribution >= 0.6 is 15.9 Å². The molecule has 1 aromatic rings. The van der Waals surface area contributed by atoms with E-state index in [9.17, 15) is 18.3 Å². The quantitative estimate of drug-likeness (QED) is 0.898. The maximum atomic E-state index is 11.7. The average Bonchev–Trinajstić information content (AvgIpc) is 3.00. The first kappa shape index (κ1) is 14.0. The lowest BCUT2D eigenvalue weighted by atomic mass is 10.0. The molecule has 0 amide bonds. The second kappa shape index (κ2) is 4.32. The first-order valence-electron chi connectivity index (χ1n) is 5.34. The van der Waals surface area contributed by atoms with Gasteiger partial charge in [-0.15, -0.1) is 0 Å². The molecule has 2 rings (SSSR count). The molecule has 0 unspecified atom stereocenters. The lowest BCUT2D eigenvalue weighted by molar-refractivity contribution is -0.141. The van der Waals surface area contributed by atoms with E-state index in [0.717, 1.165) is 10.7 Å². The van der Waals surface area contributed by atoms with Crippen molar-refractivity contribution in [2.75, 3.05) is 6.26 Å². The summed E-state index contributed by atoms with van der Waals surface area (Å²) in [6.45, 7) is 0. The Hall–Kier alpha value is -1.39. The Balaban J connectivity index is 2.54. The number of nitriles is 1. The van der Waals surface area contributed by atoms with Gasteiger partial charge in [-0.05, 0) is 17.7 Å². The Morgan fingerprint density at radius 1 is 1.42 bits per heavy atom. The molecule has 7 heteroatoms. The van der Waals surface area contributed by atoms with Crippen molar-refractivity contribution >= 4 is 31.7 Å². The van der Waals surface area contributed by atoms with Crippen LogP contribution < -0.4 is 0 Å². The zero-order valence-corrected chi connectivity index (χ0v) is 12.3. The van der Waals surface area contributed by atoms with E-state index >= 15 is 0 Å². The van der Waals surface area contributed by atoms with Crippen LogP contribution in [0.5, 0.6) is 0 Å². The van der Waals surface area contributed by atoms with Crippen LogP contribution in [-0.4, -0.2) is 31.0 Å². The van der Waals surface area contributed by atoms with Crippen LogP contribution in [0.3, 0.4) is 0 Å². The molecule has 0 bridgehead atoms. The third-order valence-electron chi connectivity index (χ3n) is 3.36. The van der Waals surface area contributed by atoms with Crippen molar-refractivity contribution in [3.05, 3.63) is 34.3 Å². The zero-order chi connectivity index (χ0) is 14.4. The Kier molecular flexibility index (Phi) is 3.19. The fourth-order valence-corrected chi connectivity index (χ4v) is 4.51. The van der Waals surface area contributed by atoms with Crippen LogP contribution in [-0.2, 0) is 14.6 Å². The molecule has 1 saturated carbocycles. The Bertz CT molecular complexity index is 677. The van der Waals surface area contributed by atoms with Gasteiger partial charge >= 0.3 is 5.97 Å². The van der Waals surface area contributed by atoms with Crippen molar-refractivity contribution in [1.82, 2.24) is 0 Å². The molecule has 0 heterocycles. The van der Waals surface area contributed by atoms with Crippen molar-refractivity contribution in [2.24, 2.45) is 5.41 Å². The van der Waals surface area contributed by atoms with Crippen LogP contribution in [0.1, 0.15) is 11.5 Å². The van der Waals surface area contributed by atoms with Gasteiger partial charge in [-0.2, -0.15) is 5.26 Å². The standard InChI is InChI=1S/C12H10BrNO4S/c1-19(17,18)10-9(12(10,6-14)11(15)16)7-2-4-8(13)5-3-7/h2-5,9-10H,1H3,(H,15,16)/t9-,10+,12+/m0/s1. The SMILES string of the molecule is CS(=O)(=O)[C@@H]1[C@H](c2ccc(Br)cc2)[C@@]1(C#N)C(=O)O. The molecule has 0 aromatic heterocycles. The van der Waals surface area contributed by atoms with E-state index in [1.807, 2.05) is 0 Å². The van der Waals surface area contributed by atoms with E-state index in [4.69, 9.17) is 5.26 Å². The Morgan fingerprint density at radius 3 is 2.26 bits per heavy atom. The van der Waals surface area contributed by atoms with Crippen molar-refractivity contribution in [3.8, 4) is 6.07 Å². The third kappa shape index (κ3) is 2.05. The predicted molar refractivity (Wildman–Crippen MR) is 71.2 cm³/mol. The summed E-state index contributed by atoms with van der Waals surface area (Å²) < 4.78 is 24.2. The smallest absolute Gasteiger partial charge is 0.326 e. The Morgan fingerprint density at radius 2 is 1.95 bits per heavy atom. The molecule has 1 aliphatic rings. The van der Waals surface area contributed by atoms with E-state index in [-0.39, 0.29) is 0 Å². The molecular formula is C12H10BrNO4S. The lowest BCUT2D eigenvalue weighted by Gasteiger charge is -2.02. The number of carboxylic acid groups (broad SMARTS) is 1. The second-order valence-corrected chi connectivity index (χ2v) is 7.65. The molecule has 0 spiro atoms. The maximum Gasteiger partial charge on any atom is 0.326 e. The van der Waals surface area contributed by atoms with Gasteiger partial charge in [-0.1, -0.05) is 28.1 Å². The summed E-state index contributed by atoms with van der Waals surface area (Å²) in [5.41, 5.74) is -1.33. The van der Waals surface area contributed by atoms with Gasteiger partial charge < -0.3 is 5.11 Å². The highest BCUT2D eigenvalue weighted by Crippen LogP contribution is 2.62. The highest BCUT2D eigenvalue weighted by atomic mass is 79.9. The van der Waals surface area contributed by atoms with Crippen LogP contribution in [0.25, 0.3) is 0 Å². The average molecular weight is 344 g/mol. The number of sulfone groups is 1. The van der Waals surface area contributed by atoms with Crippen LogP contribution in [0.4, 0.5) is 0 Å². The summed E-state index contributed by atoms with van der Waals surface area (Å²) in [4.78, 5) is 11.3. The second-order valence-electron chi connectivity index (χ2n) is 4.57. The number of carboxylic acids is 1. The number of hydrogen-bond donors (Lipinski definition) is 1. The minimum Gasteiger partial charge on any atom is -0.480 e. The van der Waals surface area contributed by atoms with Crippen molar-refractivity contribution in [2.45, 2.75) is 11.2 Å². The van der Waals surface area contributed by atoms with Crippen molar-refractivity contribution in [1.29, 1.82) is 5.26 Å². The third-order valence-corrected chi connectivity index (χ3v) is 5.46. The number of rotatable bonds is 3. The molecule has 1 aromatic carbocycles. The summed E-state index contributed by atoms with van der Waals surface area (Å²) >= 11 is 3.24. The predicted octanol–water partition coefficient (Wildman–Crippen LogP) is 1.55. The molecule has 100 valence electrons. The van der Waals surface area contributed by atoms with Gasteiger partial charge in [0.2, 0.25) is 0 Å². The number of nitrogens with zero attached hydrogens (tertiary/aromatic N) is 1. The molecular weight excluding hydrogens is 334 g/mol. The minimum atomic E-state index is -3.62. The highest BCUT2D eigenvalue weighted by Gasteiger charge is 2.76. The number of aliphatic carboxylic acids is 1. The van der Waals surface area contributed by atoms with Crippen LogP contribution in [0, 0.1) is 16.7 Å². The molecule has 19 heavy (non-hydrogen) atoms. The summed E-state index contributed by atoms with van der Waals surface area (Å²) in [6.07, 6.45) is 0.964. The molecule has 1 aliphatic carbocycles. The van der Waals surface area contributed by atoms with Gasteiger partial charge in [0, 0.05) is 16.6 Å². The van der Waals surface area contributed by atoms with Gasteiger partial charge in [-0.25, -0.2) is 8.42 Å². The molecule has 3 atom stereocenters. The van der Waals surface area contributed by atoms with E-state index < -0.39 is 32.4 Å². The molecule has 0 radical (unpaired) electrons. The summed E-state index contributed by atoms with van der Waals surface area (Å²) in [7, 11) is -3.62. The molecule has 0 aliphatic heterocycles. The highest BCUT2D eigenvalue weighted by molar-refractivity contribution is 9.10. The largest absolute Gasteiger partial charge is 0.480 e. The van der Waals surface area contributed by atoms with E-state index in [1.54, 1.807) is 30.3 Å². The van der Waals surface area contributed by atoms with Crippen LogP contribution in [0.15, 0.2) is 28.7 Å². The first-order chi connectivity index (χ1) is 8.75. The summed E-state index contributed by atoms with van der Waals surface area (Å²) in [6, 6.07) is 8.33. The monoisotopic (exact) mass is 343 g/mol. The summed E-state index contributed by atoms with van der Waals surface area (Å²) in [5.74, 6) is -2.21. The lowest BCUT2D eigenvalue weighted by Crippen LogP contribution is -2.21. The van der Waals surface area contributed by atoms with Gasteiger partial charge in [0.25, 0.3) is 0 Å².